The number of aliphatic hydroxyl groups is 3. The Balaban J connectivity index is 1.81. The monoisotopic (exact) mass is 442 g/mol. The number of unbranched alkanes of at least 4 members (excludes halogenated alkanes) is 14. The lowest BCUT2D eigenvalue weighted by molar-refractivity contribution is -0.0730. The summed E-state index contributed by atoms with van der Waals surface area (Å²) in [7, 11) is 0. The van der Waals surface area contributed by atoms with Crippen molar-refractivity contribution in [2.75, 3.05) is 19.8 Å². The molecule has 0 bridgehead atoms. The van der Waals surface area contributed by atoms with Crippen LogP contribution in [0.25, 0.3) is 0 Å². The van der Waals surface area contributed by atoms with Crippen LogP contribution in [0.3, 0.4) is 0 Å². The maximum atomic E-state index is 10.1. The quantitative estimate of drug-likeness (QED) is 0.166. The van der Waals surface area contributed by atoms with Gasteiger partial charge < -0.3 is 24.8 Å². The number of rotatable bonds is 21. The lowest BCUT2D eigenvalue weighted by Crippen LogP contribution is -2.41. The van der Waals surface area contributed by atoms with E-state index in [4.69, 9.17) is 14.6 Å². The fourth-order valence-electron chi connectivity index (χ4n) is 4.14. The van der Waals surface area contributed by atoms with Crippen LogP contribution in [0, 0.1) is 0 Å². The summed E-state index contributed by atoms with van der Waals surface area (Å²) in [6, 6.07) is 0. The minimum absolute atomic E-state index is 0.269. The third-order valence-electron chi connectivity index (χ3n) is 6.22. The van der Waals surface area contributed by atoms with Crippen LogP contribution in [-0.2, 0) is 9.47 Å². The molecule has 0 unspecified atom stereocenters. The normalized spacial score (nSPS) is 22.5. The predicted octanol–water partition coefficient (Wildman–Crippen LogP) is 5.30. The molecule has 1 aliphatic heterocycles. The standard InChI is InChI=1S/C26H50O5/c1-2-3-4-5-6-7-8-9-10-11-12-13-14-15-16-17-18-19-20-30-24-22-31-26(25(24)29)23(28)21-27/h14-15,23-29H,2-13,16-22H2,1H3/b15-14+/t23-,24+,25-,26-/m0/s1. The lowest BCUT2D eigenvalue weighted by atomic mass is 10.1. The summed E-state index contributed by atoms with van der Waals surface area (Å²) in [5.74, 6) is 0. The van der Waals surface area contributed by atoms with Gasteiger partial charge in [0.25, 0.3) is 0 Å². The van der Waals surface area contributed by atoms with Gasteiger partial charge in [0.1, 0.15) is 24.4 Å². The number of ether oxygens (including phenoxy) is 2. The zero-order valence-electron chi connectivity index (χ0n) is 20.1. The predicted molar refractivity (Wildman–Crippen MR) is 127 cm³/mol. The minimum Gasteiger partial charge on any atom is -0.394 e. The first-order chi connectivity index (χ1) is 15.2. The van der Waals surface area contributed by atoms with Gasteiger partial charge in [0.15, 0.2) is 0 Å². The Kier molecular flexibility index (Phi) is 18.6. The Hall–Kier alpha value is -0.460. The average Bonchev–Trinajstić information content (AvgIpc) is 3.15. The van der Waals surface area contributed by atoms with Gasteiger partial charge in [-0.3, -0.25) is 0 Å². The average molecular weight is 443 g/mol. The molecule has 3 N–H and O–H groups in total. The van der Waals surface area contributed by atoms with Gasteiger partial charge in [-0.2, -0.15) is 0 Å². The molecule has 0 amide bonds. The molecular formula is C26H50O5. The molecule has 1 saturated heterocycles. The van der Waals surface area contributed by atoms with Crippen molar-refractivity contribution in [3.63, 3.8) is 0 Å². The molecule has 0 aliphatic carbocycles. The fraction of sp³-hybridized carbons (Fsp3) is 0.923. The Bertz CT molecular complexity index is 415. The lowest BCUT2D eigenvalue weighted by Gasteiger charge is -2.20. The van der Waals surface area contributed by atoms with Crippen molar-refractivity contribution in [1.29, 1.82) is 0 Å². The number of hydrogen-bond acceptors (Lipinski definition) is 5. The second-order valence-electron chi connectivity index (χ2n) is 9.09. The van der Waals surface area contributed by atoms with Crippen molar-refractivity contribution < 1.29 is 24.8 Å². The molecule has 0 aromatic carbocycles. The summed E-state index contributed by atoms with van der Waals surface area (Å²) < 4.78 is 11.0. The minimum atomic E-state index is -1.06. The summed E-state index contributed by atoms with van der Waals surface area (Å²) in [5, 5.41) is 28.6. The second kappa shape index (κ2) is 20.2. The van der Waals surface area contributed by atoms with Gasteiger partial charge in [0.05, 0.1) is 13.2 Å². The Morgan fingerprint density at radius 3 is 1.90 bits per heavy atom. The number of aliphatic hydroxyl groups excluding tert-OH is 3. The van der Waals surface area contributed by atoms with Crippen LogP contribution >= 0.6 is 0 Å². The Morgan fingerprint density at radius 1 is 0.839 bits per heavy atom. The van der Waals surface area contributed by atoms with E-state index in [1.54, 1.807) is 0 Å². The second-order valence-corrected chi connectivity index (χ2v) is 9.09. The van der Waals surface area contributed by atoms with Gasteiger partial charge in [-0.05, 0) is 32.1 Å². The summed E-state index contributed by atoms with van der Waals surface area (Å²) in [6.07, 6.45) is 22.5. The molecule has 1 heterocycles. The molecular weight excluding hydrogens is 392 g/mol. The maximum absolute atomic E-state index is 10.1. The van der Waals surface area contributed by atoms with Crippen LogP contribution in [0.5, 0.6) is 0 Å². The van der Waals surface area contributed by atoms with Crippen LogP contribution in [0.15, 0.2) is 12.2 Å². The Morgan fingerprint density at radius 2 is 1.35 bits per heavy atom. The first kappa shape index (κ1) is 28.6. The third kappa shape index (κ3) is 14.3. The molecule has 4 atom stereocenters. The van der Waals surface area contributed by atoms with Crippen LogP contribution in [0.2, 0.25) is 0 Å². The number of allylic oxidation sites excluding steroid dienone is 2. The topological polar surface area (TPSA) is 79.2 Å². The molecule has 1 aliphatic rings. The van der Waals surface area contributed by atoms with Gasteiger partial charge in [-0.1, -0.05) is 89.7 Å². The number of hydrogen-bond donors (Lipinski definition) is 3. The first-order valence-electron chi connectivity index (χ1n) is 13.1. The van der Waals surface area contributed by atoms with Crippen molar-refractivity contribution in [2.45, 2.75) is 134 Å². The van der Waals surface area contributed by atoms with Gasteiger partial charge in [-0.25, -0.2) is 0 Å². The largest absolute Gasteiger partial charge is 0.394 e. The van der Waals surface area contributed by atoms with Gasteiger partial charge in [0.2, 0.25) is 0 Å². The van der Waals surface area contributed by atoms with Crippen molar-refractivity contribution >= 4 is 0 Å². The highest BCUT2D eigenvalue weighted by Crippen LogP contribution is 2.20. The highest BCUT2D eigenvalue weighted by Gasteiger charge is 2.40. The molecule has 1 fully saturated rings. The van der Waals surface area contributed by atoms with E-state index in [1.165, 1.54) is 77.0 Å². The summed E-state index contributed by atoms with van der Waals surface area (Å²) in [5.41, 5.74) is 0. The molecule has 184 valence electrons. The first-order valence-corrected chi connectivity index (χ1v) is 13.1. The van der Waals surface area contributed by atoms with Gasteiger partial charge >= 0.3 is 0 Å². The van der Waals surface area contributed by atoms with E-state index in [-0.39, 0.29) is 6.61 Å². The summed E-state index contributed by atoms with van der Waals surface area (Å²) in [4.78, 5) is 0. The van der Waals surface area contributed by atoms with Crippen LogP contribution < -0.4 is 0 Å². The fourth-order valence-corrected chi connectivity index (χ4v) is 4.14. The van der Waals surface area contributed by atoms with E-state index in [0.717, 1.165) is 25.7 Å². The van der Waals surface area contributed by atoms with E-state index < -0.39 is 31.0 Å². The Labute approximate surface area is 191 Å². The molecule has 0 radical (unpaired) electrons. The molecule has 5 nitrogen and oxygen atoms in total. The highest BCUT2D eigenvalue weighted by molar-refractivity contribution is 4.88. The molecule has 0 aromatic rings. The molecule has 1 rings (SSSR count). The smallest absolute Gasteiger partial charge is 0.114 e. The molecule has 5 heteroatoms. The third-order valence-corrected chi connectivity index (χ3v) is 6.22. The van der Waals surface area contributed by atoms with Crippen molar-refractivity contribution in [3.8, 4) is 0 Å². The van der Waals surface area contributed by atoms with E-state index in [9.17, 15) is 10.2 Å². The van der Waals surface area contributed by atoms with E-state index >= 15 is 0 Å². The highest BCUT2D eigenvalue weighted by atomic mass is 16.6. The van der Waals surface area contributed by atoms with Crippen LogP contribution in [0.4, 0.5) is 0 Å². The summed E-state index contributed by atoms with van der Waals surface area (Å²) >= 11 is 0. The maximum Gasteiger partial charge on any atom is 0.114 e. The molecule has 31 heavy (non-hydrogen) atoms. The van der Waals surface area contributed by atoms with Gasteiger partial charge in [0, 0.05) is 6.61 Å². The van der Waals surface area contributed by atoms with E-state index in [1.807, 2.05) is 0 Å². The molecule has 0 aromatic heterocycles. The van der Waals surface area contributed by atoms with E-state index in [0.29, 0.717) is 6.61 Å². The zero-order chi connectivity index (χ0) is 22.6. The van der Waals surface area contributed by atoms with Crippen molar-refractivity contribution in [2.24, 2.45) is 0 Å². The summed E-state index contributed by atoms with van der Waals surface area (Å²) in [6.45, 7) is 2.72. The zero-order valence-corrected chi connectivity index (χ0v) is 20.1. The van der Waals surface area contributed by atoms with Crippen molar-refractivity contribution in [1.82, 2.24) is 0 Å². The molecule has 0 spiro atoms. The van der Waals surface area contributed by atoms with Crippen LogP contribution in [-0.4, -0.2) is 59.6 Å². The van der Waals surface area contributed by atoms with E-state index in [2.05, 4.69) is 19.1 Å². The van der Waals surface area contributed by atoms with Crippen LogP contribution in [0.1, 0.15) is 110 Å². The SMILES string of the molecule is CCCCCCCCCCCCC/C=C/CCCCCO[C@@H]1CO[C@@H]([C@@H](O)CO)[C@H]1O. The molecule has 0 saturated carbocycles. The van der Waals surface area contributed by atoms with Crippen molar-refractivity contribution in [3.05, 3.63) is 12.2 Å². The van der Waals surface area contributed by atoms with Gasteiger partial charge in [-0.15, -0.1) is 0 Å².